The summed E-state index contributed by atoms with van der Waals surface area (Å²) in [4.78, 5) is 23.9. The molecule has 0 aromatic rings. The molecule has 0 radical (unpaired) electrons. The molecule has 12 heteroatoms. The lowest BCUT2D eigenvalue weighted by Crippen LogP contribution is -2.66. The number of halogens is 3. The molecule has 0 aromatic heterocycles. The van der Waals surface area contributed by atoms with Gasteiger partial charge in [-0.15, -0.1) is 6.58 Å². The Labute approximate surface area is 199 Å². The van der Waals surface area contributed by atoms with Crippen LogP contribution >= 0.6 is 34.8 Å². The van der Waals surface area contributed by atoms with E-state index >= 15 is 0 Å². The molecular weight excluding hydrogens is 489 g/mol. The molecule has 31 heavy (non-hydrogen) atoms. The molecule has 1 aliphatic rings. The molecule has 1 amide bonds. The average molecular weight is 521 g/mol. The van der Waals surface area contributed by atoms with Crippen molar-refractivity contribution in [2.75, 3.05) is 13.2 Å². The van der Waals surface area contributed by atoms with Crippen LogP contribution in [-0.4, -0.2) is 73.0 Å². The van der Waals surface area contributed by atoms with E-state index in [1.807, 2.05) is 0 Å². The van der Waals surface area contributed by atoms with Gasteiger partial charge >= 0.3 is 5.97 Å². The van der Waals surface area contributed by atoms with E-state index in [2.05, 4.69) is 45.8 Å². The van der Waals surface area contributed by atoms with Crippen LogP contribution in [-0.2, 0) is 28.2 Å². The van der Waals surface area contributed by atoms with Crippen molar-refractivity contribution in [2.45, 2.75) is 80.3 Å². The molecule has 2 N–H and O–H groups in total. The minimum atomic E-state index is -2.28. The van der Waals surface area contributed by atoms with Gasteiger partial charge in [0.2, 0.25) is 0 Å². The number of aliphatic hydroxyl groups is 1. The predicted octanol–water partition coefficient (Wildman–Crippen LogP) is 3.08. The quantitative estimate of drug-likeness (QED) is 0.219. The van der Waals surface area contributed by atoms with Gasteiger partial charge in [-0.1, -0.05) is 61.7 Å². The summed E-state index contributed by atoms with van der Waals surface area (Å²) in [6.07, 6.45) is -3.08. The minimum absolute atomic E-state index is 0.0462. The second-order valence-corrected chi connectivity index (χ2v) is 15.9. The normalized spacial score (nSPS) is 27.5. The highest BCUT2D eigenvalue weighted by Gasteiger charge is 2.50. The first-order valence-corrected chi connectivity index (χ1v) is 13.8. The van der Waals surface area contributed by atoms with Crippen LogP contribution in [0.2, 0.25) is 18.1 Å². The Morgan fingerprint density at radius 2 is 1.84 bits per heavy atom. The number of carbonyl (C=O) groups excluding carboxylic acids is 2. The van der Waals surface area contributed by atoms with Gasteiger partial charge in [0.05, 0.1) is 13.2 Å². The molecule has 8 nitrogen and oxygen atoms in total. The zero-order valence-corrected chi connectivity index (χ0v) is 21.9. The van der Waals surface area contributed by atoms with E-state index in [1.54, 1.807) is 0 Å². The summed E-state index contributed by atoms with van der Waals surface area (Å²) in [6.45, 7) is 15.2. The van der Waals surface area contributed by atoms with Crippen LogP contribution < -0.4 is 5.32 Å². The molecule has 180 valence electrons. The predicted molar refractivity (Wildman–Crippen MR) is 122 cm³/mol. The summed E-state index contributed by atoms with van der Waals surface area (Å²) in [5.41, 5.74) is 0. The van der Waals surface area contributed by atoms with Gasteiger partial charge in [-0.3, -0.25) is 9.59 Å². The molecule has 0 bridgehead atoms. The number of nitrogens with one attached hydrogen (secondary N) is 1. The van der Waals surface area contributed by atoms with Crippen molar-refractivity contribution >= 4 is 55.0 Å². The fourth-order valence-electron chi connectivity index (χ4n) is 2.59. The fraction of sp³-hybridized carbons (Fsp3) is 0.789. The van der Waals surface area contributed by atoms with Crippen LogP contribution in [0, 0.1) is 0 Å². The number of alkyl halides is 3. The van der Waals surface area contributed by atoms with Crippen LogP contribution in [0.1, 0.15) is 27.7 Å². The first kappa shape index (κ1) is 28.6. The molecule has 1 saturated heterocycles. The van der Waals surface area contributed by atoms with Crippen LogP contribution in [0.4, 0.5) is 0 Å². The lowest BCUT2D eigenvalue weighted by atomic mass is 9.96. The van der Waals surface area contributed by atoms with E-state index in [1.165, 1.54) is 13.0 Å². The molecular formula is C19H32Cl3NO7Si. The topological polar surface area (TPSA) is 103 Å². The largest absolute Gasteiger partial charge is 0.457 e. The van der Waals surface area contributed by atoms with E-state index in [-0.39, 0.29) is 18.3 Å². The summed E-state index contributed by atoms with van der Waals surface area (Å²) in [5.74, 6) is -1.63. The number of esters is 1. The van der Waals surface area contributed by atoms with Gasteiger partial charge in [0.1, 0.15) is 18.2 Å². The van der Waals surface area contributed by atoms with E-state index in [0.29, 0.717) is 0 Å². The zero-order chi connectivity index (χ0) is 24.2. The molecule has 0 spiro atoms. The van der Waals surface area contributed by atoms with Crippen molar-refractivity contribution in [1.29, 1.82) is 0 Å². The fourth-order valence-corrected chi connectivity index (χ4v) is 3.77. The smallest absolute Gasteiger partial charge is 0.303 e. The third-order valence-electron chi connectivity index (χ3n) is 5.32. The van der Waals surface area contributed by atoms with E-state index < -0.39 is 54.6 Å². The molecule has 0 aliphatic carbocycles. The van der Waals surface area contributed by atoms with Crippen LogP contribution in [0.5, 0.6) is 0 Å². The minimum Gasteiger partial charge on any atom is -0.457 e. The Bertz CT molecular complexity index is 651. The molecule has 1 heterocycles. The van der Waals surface area contributed by atoms with Gasteiger partial charge in [0, 0.05) is 6.92 Å². The molecule has 1 fully saturated rings. The van der Waals surface area contributed by atoms with Crippen molar-refractivity contribution in [1.82, 2.24) is 5.32 Å². The summed E-state index contributed by atoms with van der Waals surface area (Å²) in [6, 6.07) is -1.18. The first-order chi connectivity index (χ1) is 14.0. The van der Waals surface area contributed by atoms with E-state index in [4.69, 9.17) is 53.4 Å². The molecule has 0 aromatic carbocycles. The standard InChI is InChI=1S/C19H32Cl3NO7Si/c1-8-9-27-16-13(23-17(26)19(20,21)22)14(25)15(29-11(2)24)12(30-16)10-28-31(6,7)18(3,4)5/h8,12-16,25H,1,9-10H2,2-7H3,(H,23,26)/t12-,13-,14-,15-,16-/m1/s1. The van der Waals surface area contributed by atoms with Crippen LogP contribution in [0.25, 0.3) is 0 Å². The Balaban J connectivity index is 3.17. The van der Waals surface area contributed by atoms with Gasteiger partial charge in [-0.25, -0.2) is 0 Å². The van der Waals surface area contributed by atoms with Crippen molar-refractivity contribution in [3.05, 3.63) is 12.7 Å². The summed E-state index contributed by atoms with van der Waals surface area (Å²) in [5, 5.41) is 13.3. The van der Waals surface area contributed by atoms with Gasteiger partial charge in [-0.05, 0) is 18.1 Å². The number of carbonyl (C=O) groups is 2. The molecule has 0 saturated carbocycles. The zero-order valence-electron chi connectivity index (χ0n) is 18.6. The highest BCUT2D eigenvalue weighted by atomic mass is 35.6. The first-order valence-electron chi connectivity index (χ1n) is 9.76. The maximum Gasteiger partial charge on any atom is 0.303 e. The van der Waals surface area contributed by atoms with E-state index in [0.717, 1.165) is 0 Å². The number of amides is 1. The Hall–Kier alpha value is -0.393. The Morgan fingerprint density at radius 1 is 1.26 bits per heavy atom. The number of ether oxygens (including phenoxy) is 3. The van der Waals surface area contributed by atoms with Gasteiger partial charge in [-0.2, -0.15) is 0 Å². The molecule has 5 atom stereocenters. The van der Waals surface area contributed by atoms with E-state index in [9.17, 15) is 14.7 Å². The lowest BCUT2D eigenvalue weighted by molar-refractivity contribution is -0.270. The second-order valence-electron chi connectivity index (χ2n) is 8.80. The summed E-state index contributed by atoms with van der Waals surface area (Å²) >= 11 is 16.9. The lowest BCUT2D eigenvalue weighted by Gasteiger charge is -2.45. The van der Waals surface area contributed by atoms with Crippen LogP contribution in [0.3, 0.4) is 0 Å². The maximum absolute atomic E-state index is 12.2. The third-order valence-corrected chi connectivity index (χ3v) is 10.3. The van der Waals surface area contributed by atoms with Gasteiger partial charge in [0.15, 0.2) is 20.7 Å². The summed E-state index contributed by atoms with van der Waals surface area (Å²) in [7, 11) is -2.18. The van der Waals surface area contributed by atoms with Crippen molar-refractivity contribution in [3.8, 4) is 0 Å². The highest BCUT2D eigenvalue weighted by Crippen LogP contribution is 2.37. The van der Waals surface area contributed by atoms with Gasteiger partial charge in [0.25, 0.3) is 9.70 Å². The third kappa shape index (κ3) is 8.15. The Morgan fingerprint density at radius 3 is 2.29 bits per heavy atom. The molecule has 1 rings (SSSR count). The summed E-state index contributed by atoms with van der Waals surface area (Å²) < 4.78 is 20.8. The van der Waals surface area contributed by atoms with Crippen LogP contribution in [0.15, 0.2) is 12.7 Å². The number of rotatable bonds is 8. The SMILES string of the molecule is C=CCO[C@@H]1O[C@H](CO[Si](C)(C)C(C)(C)C)[C@@H](OC(C)=O)[C@H](O)[C@H]1NC(=O)C(Cl)(Cl)Cl. The molecule has 1 aliphatic heterocycles. The Kier molecular flexibility index (Phi) is 10.3. The average Bonchev–Trinajstić information content (AvgIpc) is 2.60. The monoisotopic (exact) mass is 519 g/mol. The van der Waals surface area contributed by atoms with Gasteiger partial charge < -0.3 is 29.1 Å². The number of hydrogen-bond acceptors (Lipinski definition) is 7. The number of hydrogen-bond donors (Lipinski definition) is 2. The van der Waals surface area contributed by atoms with Crippen molar-refractivity contribution in [3.63, 3.8) is 0 Å². The number of aliphatic hydroxyl groups excluding tert-OH is 1. The van der Waals surface area contributed by atoms with Crippen molar-refractivity contribution < 1.29 is 33.3 Å². The molecule has 0 unspecified atom stereocenters. The second kappa shape index (κ2) is 11.2. The highest BCUT2D eigenvalue weighted by molar-refractivity contribution is 6.76. The van der Waals surface area contributed by atoms with Crippen molar-refractivity contribution in [2.24, 2.45) is 0 Å². The maximum atomic E-state index is 12.2.